The molecule has 0 saturated carbocycles. The number of aromatic nitrogens is 2. The van der Waals surface area contributed by atoms with E-state index in [1.807, 2.05) is 34.6 Å². The van der Waals surface area contributed by atoms with E-state index in [0.29, 0.717) is 11.4 Å². The normalized spacial score (nSPS) is 13.8. The molecule has 2 N–H and O–H groups in total. The van der Waals surface area contributed by atoms with Crippen molar-refractivity contribution < 1.29 is 4.84 Å². The smallest absolute Gasteiger partial charge is 0.255 e. The molecule has 96 valence electrons. The maximum absolute atomic E-state index is 11.8. The molecule has 1 aromatic heterocycles. The highest BCUT2D eigenvalue weighted by Crippen LogP contribution is 2.13. The molecule has 0 bridgehead atoms. The lowest BCUT2D eigenvalue weighted by atomic mass is 10.1. The zero-order valence-electron chi connectivity index (χ0n) is 11.3. The van der Waals surface area contributed by atoms with E-state index in [1.54, 1.807) is 6.92 Å². The minimum atomic E-state index is -0.299. The van der Waals surface area contributed by atoms with Crippen LogP contribution in [0.15, 0.2) is 4.79 Å². The molecule has 17 heavy (non-hydrogen) atoms. The van der Waals surface area contributed by atoms with Crippen molar-refractivity contribution in [1.82, 2.24) is 15.4 Å². The molecule has 0 aliphatic rings. The van der Waals surface area contributed by atoms with Gasteiger partial charge in [0.15, 0.2) is 0 Å². The molecular weight excluding hydrogens is 218 g/mol. The van der Waals surface area contributed by atoms with Gasteiger partial charge in [-0.05, 0) is 41.5 Å². The van der Waals surface area contributed by atoms with Gasteiger partial charge >= 0.3 is 0 Å². The number of nitrogens with zero attached hydrogens (tertiary/aromatic N) is 1. The number of rotatable bonds is 3. The van der Waals surface area contributed by atoms with Crippen molar-refractivity contribution in [1.29, 1.82) is 0 Å². The van der Waals surface area contributed by atoms with E-state index < -0.39 is 0 Å². The van der Waals surface area contributed by atoms with Crippen LogP contribution < -0.4 is 11.0 Å². The van der Waals surface area contributed by atoms with Crippen molar-refractivity contribution in [3.8, 4) is 0 Å². The molecule has 0 saturated heterocycles. The highest BCUT2D eigenvalue weighted by molar-refractivity contribution is 5.19. The standard InChI is InChI=1S/C12H21N3O2/c1-7-10(11(16)14-9(3)13-7)8(2)15-17-12(4,5)6/h8,15H,1-6H3,(H,13,14,16). The van der Waals surface area contributed by atoms with Crippen molar-refractivity contribution in [2.45, 2.75) is 53.2 Å². The Labute approximate surface area is 102 Å². The zero-order valence-corrected chi connectivity index (χ0v) is 11.3. The van der Waals surface area contributed by atoms with Gasteiger partial charge in [0.1, 0.15) is 5.82 Å². The summed E-state index contributed by atoms with van der Waals surface area (Å²) in [6, 6.07) is -0.203. The van der Waals surface area contributed by atoms with Crippen LogP contribution in [-0.4, -0.2) is 15.6 Å². The topological polar surface area (TPSA) is 67.0 Å². The van der Waals surface area contributed by atoms with Crippen LogP contribution >= 0.6 is 0 Å². The molecule has 0 amide bonds. The number of aryl methyl sites for hydroxylation is 2. The first-order valence-electron chi connectivity index (χ1n) is 5.71. The average Bonchev–Trinajstić information content (AvgIpc) is 2.11. The van der Waals surface area contributed by atoms with Gasteiger partial charge in [0.05, 0.1) is 17.2 Å². The predicted molar refractivity (Wildman–Crippen MR) is 66.7 cm³/mol. The summed E-state index contributed by atoms with van der Waals surface area (Å²) in [5, 5.41) is 0. The molecule has 5 heteroatoms. The van der Waals surface area contributed by atoms with E-state index in [4.69, 9.17) is 4.84 Å². The van der Waals surface area contributed by atoms with Crippen molar-refractivity contribution in [3.05, 3.63) is 27.4 Å². The molecule has 1 aromatic rings. The van der Waals surface area contributed by atoms with Gasteiger partial charge in [-0.2, -0.15) is 5.48 Å². The maximum Gasteiger partial charge on any atom is 0.255 e. The lowest BCUT2D eigenvalue weighted by Crippen LogP contribution is -2.34. The molecule has 1 atom stereocenters. The van der Waals surface area contributed by atoms with Crippen molar-refractivity contribution in [3.63, 3.8) is 0 Å². The average molecular weight is 239 g/mol. The van der Waals surface area contributed by atoms with Crippen LogP contribution in [0.25, 0.3) is 0 Å². The summed E-state index contributed by atoms with van der Waals surface area (Å²) >= 11 is 0. The highest BCUT2D eigenvalue weighted by atomic mass is 16.7. The molecule has 1 heterocycles. The van der Waals surface area contributed by atoms with Crippen LogP contribution in [0.4, 0.5) is 0 Å². The molecule has 0 radical (unpaired) electrons. The van der Waals surface area contributed by atoms with Gasteiger partial charge in [0.2, 0.25) is 0 Å². The Kier molecular flexibility index (Phi) is 4.06. The van der Waals surface area contributed by atoms with Crippen LogP contribution in [0.1, 0.15) is 50.8 Å². The summed E-state index contributed by atoms with van der Waals surface area (Å²) in [4.78, 5) is 24.2. The van der Waals surface area contributed by atoms with Gasteiger partial charge < -0.3 is 4.98 Å². The van der Waals surface area contributed by atoms with Crippen LogP contribution in [0.5, 0.6) is 0 Å². The highest BCUT2D eigenvalue weighted by Gasteiger charge is 2.18. The van der Waals surface area contributed by atoms with Crippen molar-refractivity contribution in [2.75, 3.05) is 0 Å². The second-order valence-electron chi connectivity index (χ2n) is 5.20. The quantitative estimate of drug-likeness (QED) is 0.789. The number of hydrogen-bond acceptors (Lipinski definition) is 4. The lowest BCUT2D eigenvalue weighted by molar-refractivity contribution is -0.0869. The number of hydroxylamine groups is 1. The fourth-order valence-corrected chi connectivity index (χ4v) is 1.57. The van der Waals surface area contributed by atoms with Crippen molar-refractivity contribution in [2.24, 2.45) is 0 Å². The van der Waals surface area contributed by atoms with Crippen molar-refractivity contribution >= 4 is 0 Å². The summed E-state index contributed by atoms with van der Waals surface area (Å²) in [6.07, 6.45) is 0. The molecule has 5 nitrogen and oxygen atoms in total. The summed E-state index contributed by atoms with van der Waals surface area (Å²) in [6.45, 7) is 11.3. The Morgan fingerprint density at radius 3 is 2.41 bits per heavy atom. The Bertz CT molecular complexity index is 446. The number of aromatic amines is 1. The molecule has 1 unspecified atom stereocenters. The van der Waals surface area contributed by atoms with Gasteiger partial charge in [-0.1, -0.05) is 0 Å². The number of nitrogens with one attached hydrogen (secondary N) is 2. The Morgan fingerprint density at radius 2 is 1.94 bits per heavy atom. The lowest BCUT2D eigenvalue weighted by Gasteiger charge is -2.23. The van der Waals surface area contributed by atoms with Gasteiger partial charge in [-0.25, -0.2) is 4.98 Å². The predicted octanol–water partition coefficient (Wildman–Crippen LogP) is 1.77. The maximum atomic E-state index is 11.8. The SMILES string of the molecule is Cc1nc(C)c(C(C)NOC(C)(C)C)c(=O)[nH]1. The number of hydrogen-bond donors (Lipinski definition) is 2. The Balaban J connectivity index is 2.90. The van der Waals surface area contributed by atoms with E-state index >= 15 is 0 Å². The van der Waals surface area contributed by atoms with E-state index in [9.17, 15) is 4.79 Å². The monoisotopic (exact) mass is 239 g/mol. The third kappa shape index (κ3) is 3.94. The molecule has 0 spiro atoms. The third-order valence-corrected chi connectivity index (χ3v) is 2.24. The van der Waals surface area contributed by atoms with Crippen LogP contribution in [0, 0.1) is 13.8 Å². The third-order valence-electron chi connectivity index (χ3n) is 2.24. The first kappa shape index (κ1) is 13.9. The summed E-state index contributed by atoms with van der Waals surface area (Å²) in [7, 11) is 0. The van der Waals surface area contributed by atoms with E-state index in [2.05, 4.69) is 15.4 Å². The van der Waals surface area contributed by atoms with Gasteiger partial charge in [0.25, 0.3) is 5.56 Å². The Hall–Kier alpha value is -1.20. The minimum Gasteiger partial charge on any atom is -0.310 e. The van der Waals surface area contributed by atoms with Gasteiger partial charge in [-0.3, -0.25) is 9.63 Å². The number of H-pyrrole nitrogens is 1. The van der Waals surface area contributed by atoms with Gasteiger partial charge in [0, 0.05) is 5.69 Å². The van der Waals surface area contributed by atoms with Crippen LogP contribution in [-0.2, 0) is 4.84 Å². The summed E-state index contributed by atoms with van der Waals surface area (Å²) in [5.41, 5.74) is 3.80. The largest absolute Gasteiger partial charge is 0.310 e. The first-order chi connectivity index (χ1) is 7.70. The summed E-state index contributed by atoms with van der Waals surface area (Å²) in [5.74, 6) is 0.625. The van der Waals surface area contributed by atoms with E-state index in [0.717, 1.165) is 5.69 Å². The van der Waals surface area contributed by atoms with Crippen LogP contribution in [0.2, 0.25) is 0 Å². The van der Waals surface area contributed by atoms with Crippen LogP contribution in [0.3, 0.4) is 0 Å². The van der Waals surface area contributed by atoms with E-state index in [-0.39, 0.29) is 17.2 Å². The van der Waals surface area contributed by atoms with Gasteiger partial charge in [-0.15, -0.1) is 0 Å². The second-order valence-corrected chi connectivity index (χ2v) is 5.20. The minimum absolute atomic E-state index is 0.118. The molecular formula is C12H21N3O2. The molecule has 0 aromatic carbocycles. The fraction of sp³-hybridized carbons (Fsp3) is 0.667. The molecule has 0 aliphatic carbocycles. The molecule has 0 fully saturated rings. The molecule has 1 rings (SSSR count). The summed E-state index contributed by atoms with van der Waals surface area (Å²) < 4.78 is 0. The first-order valence-corrected chi connectivity index (χ1v) is 5.71. The van der Waals surface area contributed by atoms with E-state index in [1.165, 1.54) is 0 Å². The Morgan fingerprint density at radius 1 is 1.35 bits per heavy atom. The fourth-order valence-electron chi connectivity index (χ4n) is 1.57. The zero-order chi connectivity index (χ0) is 13.2. The second kappa shape index (κ2) is 4.98. The molecule has 0 aliphatic heterocycles.